The Morgan fingerprint density at radius 1 is 1.29 bits per heavy atom. The van der Waals surface area contributed by atoms with Gasteiger partial charge in [-0.1, -0.05) is 12.1 Å². The largest absolute Gasteiger partial charge is 0.303 e. The molecule has 0 radical (unpaired) electrons. The molecule has 0 aromatic heterocycles. The van der Waals surface area contributed by atoms with Gasteiger partial charge in [-0.3, -0.25) is 4.79 Å². The maximum absolute atomic E-state index is 12.6. The molecule has 1 aliphatic heterocycles. The van der Waals surface area contributed by atoms with Crippen LogP contribution in [-0.4, -0.2) is 12.3 Å². The fraction of sp³-hybridized carbons (Fsp3) is 0.300. The van der Waals surface area contributed by atoms with Crippen molar-refractivity contribution in [2.45, 2.75) is 12.5 Å². The molecule has 1 heterocycles. The lowest BCUT2D eigenvalue weighted by molar-refractivity contribution is -0.118. The zero-order valence-electron chi connectivity index (χ0n) is 7.50. The average Bonchev–Trinajstić information content (AvgIpc) is 2.53. The first-order valence-electron chi connectivity index (χ1n) is 4.29. The second kappa shape index (κ2) is 4.53. The van der Waals surface area contributed by atoms with Crippen LogP contribution in [0.5, 0.6) is 0 Å². The van der Waals surface area contributed by atoms with Crippen LogP contribution in [0.4, 0.5) is 4.39 Å². The van der Waals surface area contributed by atoms with Crippen molar-refractivity contribution in [2.75, 3.05) is 6.54 Å². The maximum atomic E-state index is 12.6. The van der Waals surface area contributed by atoms with Crippen molar-refractivity contribution < 1.29 is 9.18 Å². The Balaban J connectivity index is 0.000000980. The normalized spacial score (nSPS) is 20.6. The molecule has 0 saturated carbocycles. The lowest BCUT2D eigenvalue weighted by Crippen LogP contribution is -2.17. The van der Waals surface area contributed by atoms with Gasteiger partial charge < -0.3 is 5.32 Å². The third-order valence-corrected chi connectivity index (χ3v) is 2.25. The van der Waals surface area contributed by atoms with Crippen molar-refractivity contribution in [2.24, 2.45) is 0 Å². The van der Waals surface area contributed by atoms with E-state index >= 15 is 0 Å². The molecule has 76 valence electrons. The Kier molecular flexibility index (Phi) is 3.61. The molecule has 1 N–H and O–H groups in total. The first-order chi connectivity index (χ1) is 6.27. The van der Waals surface area contributed by atoms with Gasteiger partial charge in [-0.15, -0.1) is 12.4 Å². The molecule has 1 aromatic rings. The Hall–Kier alpha value is -0.930. The highest BCUT2D eigenvalue weighted by Crippen LogP contribution is 2.19. The van der Waals surface area contributed by atoms with Gasteiger partial charge >= 0.3 is 0 Å². The van der Waals surface area contributed by atoms with E-state index in [1.807, 2.05) is 0 Å². The molecule has 1 atom stereocenters. The first-order valence-corrected chi connectivity index (χ1v) is 4.29. The summed E-state index contributed by atoms with van der Waals surface area (Å²) in [6, 6.07) is 5.83. The number of nitrogens with one attached hydrogen (secondary N) is 1. The van der Waals surface area contributed by atoms with Crippen molar-refractivity contribution in [1.82, 2.24) is 5.32 Å². The molecule has 0 bridgehead atoms. The molecular weight excluding hydrogens is 205 g/mol. The molecular formula is C10H11ClFNO. The number of halogens is 2. The molecule has 0 aliphatic carbocycles. The monoisotopic (exact) mass is 215 g/mol. The number of carbonyl (C=O) groups excluding carboxylic acids is 1. The van der Waals surface area contributed by atoms with Crippen molar-refractivity contribution in [3.8, 4) is 0 Å². The summed E-state index contributed by atoms with van der Waals surface area (Å²) in [5.74, 6) is -0.0826. The number of ketones is 1. The fourth-order valence-corrected chi connectivity index (χ4v) is 1.56. The third kappa shape index (κ3) is 2.11. The van der Waals surface area contributed by atoms with Crippen LogP contribution in [0, 0.1) is 5.82 Å². The van der Waals surface area contributed by atoms with Crippen LogP contribution in [0.15, 0.2) is 24.3 Å². The molecule has 1 aliphatic rings. The van der Waals surface area contributed by atoms with Crippen LogP contribution in [-0.2, 0) is 4.79 Å². The quantitative estimate of drug-likeness (QED) is 0.775. The van der Waals surface area contributed by atoms with Gasteiger partial charge in [0.2, 0.25) is 0 Å². The van der Waals surface area contributed by atoms with Crippen molar-refractivity contribution in [3.05, 3.63) is 35.6 Å². The van der Waals surface area contributed by atoms with Gasteiger partial charge in [-0.25, -0.2) is 4.39 Å². The lowest BCUT2D eigenvalue weighted by atomic mass is 10.0. The Morgan fingerprint density at radius 2 is 1.93 bits per heavy atom. The summed E-state index contributed by atoms with van der Waals surface area (Å²) in [4.78, 5) is 11.3. The molecule has 1 saturated heterocycles. The third-order valence-electron chi connectivity index (χ3n) is 2.25. The Labute approximate surface area is 87.9 Å². The van der Waals surface area contributed by atoms with Crippen LogP contribution in [0.1, 0.15) is 18.0 Å². The van der Waals surface area contributed by atoms with Crippen LogP contribution >= 0.6 is 12.4 Å². The Morgan fingerprint density at radius 3 is 2.43 bits per heavy atom. The minimum Gasteiger partial charge on any atom is -0.303 e. The summed E-state index contributed by atoms with van der Waals surface area (Å²) in [5, 5.41) is 3.07. The molecule has 4 heteroatoms. The summed E-state index contributed by atoms with van der Waals surface area (Å²) >= 11 is 0. The summed E-state index contributed by atoms with van der Waals surface area (Å²) in [6.07, 6.45) is 0.571. The summed E-state index contributed by atoms with van der Waals surface area (Å²) in [7, 11) is 0. The van der Waals surface area contributed by atoms with Gasteiger partial charge in [0.1, 0.15) is 5.82 Å². The minimum absolute atomic E-state index is 0. The summed E-state index contributed by atoms with van der Waals surface area (Å²) in [5.41, 5.74) is 0.851. The fourth-order valence-electron chi connectivity index (χ4n) is 1.56. The smallest absolute Gasteiger partial charge is 0.155 e. The minimum atomic E-state index is -0.269. The average molecular weight is 216 g/mol. The van der Waals surface area contributed by atoms with Crippen LogP contribution < -0.4 is 5.32 Å². The lowest BCUT2D eigenvalue weighted by Gasteiger charge is -2.08. The number of carbonyl (C=O) groups is 1. The Bertz CT molecular complexity index is 325. The van der Waals surface area contributed by atoms with E-state index in [-0.39, 0.29) is 30.0 Å². The maximum Gasteiger partial charge on any atom is 0.155 e. The molecule has 2 rings (SSSR count). The standard InChI is InChI=1S/C10H10FNO.ClH/c11-8-3-1-7(2-4-8)10-9(13)5-6-12-10;/h1-4,10,12H,5-6H2;1H. The highest BCUT2D eigenvalue weighted by molar-refractivity contribution is 5.87. The zero-order chi connectivity index (χ0) is 9.26. The van der Waals surface area contributed by atoms with Crippen LogP contribution in [0.25, 0.3) is 0 Å². The second-order valence-electron chi connectivity index (χ2n) is 3.16. The highest BCUT2D eigenvalue weighted by atomic mass is 35.5. The van der Waals surface area contributed by atoms with Gasteiger partial charge in [-0.05, 0) is 17.7 Å². The van der Waals surface area contributed by atoms with Crippen molar-refractivity contribution in [3.63, 3.8) is 0 Å². The van der Waals surface area contributed by atoms with E-state index in [1.54, 1.807) is 12.1 Å². The predicted octanol–water partition coefficient (Wildman–Crippen LogP) is 1.85. The molecule has 0 amide bonds. The zero-order valence-corrected chi connectivity index (χ0v) is 8.31. The van der Waals surface area contributed by atoms with Gasteiger partial charge in [-0.2, -0.15) is 0 Å². The van der Waals surface area contributed by atoms with Crippen LogP contribution in [0.3, 0.4) is 0 Å². The predicted molar refractivity (Wildman–Crippen MR) is 54.0 cm³/mol. The summed E-state index contributed by atoms with van der Waals surface area (Å²) in [6.45, 7) is 0.723. The first kappa shape index (κ1) is 11.1. The van der Waals surface area contributed by atoms with E-state index in [4.69, 9.17) is 0 Å². The van der Waals surface area contributed by atoms with Gasteiger partial charge in [0.05, 0.1) is 6.04 Å². The molecule has 0 spiro atoms. The number of benzene rings is 1. The van der Waals surface area contributed by atoms with E-state index in [9.17, 15) is 9.18 Å². The highest BCUT2D eigenvalue weighted by Gasteiger charge is 2.24. The van der Waals surface area contributed by atoms with Crippen LogP contribution in [0.2, 0.25) is 0 Å². The van der Waals surface area contributed by atoms with E-state index in [0.29, 0.717) is 6.42 Å². The molecule has 2 nitrogen and oxygen atoms in total. The van der Waals surface area contributed by atoms with E-state index in [0.717, 1.165) is 12.1 Å². The van der Waals surface area contributed by atoms with Crippen molar-refractivity contribution in [1.29, 1.82) is 0 Å². The number of rotatable bonds is 1. The molecule has 1 unspecified atom stereocenters. The SMILES string of the molecule is Cl.O=C1CCNC1c1ccc(F)cc1. The van der Waals surface area contributed by atoms with Gasteiger partial charge in [0.25, 0.3) is 0 Å². The molecule has 1 aromatic carbocycles. The number of Topliss-reactive ketones (excluding diaryl/α,β-unsaturated/α-hetero) is 1. The van der Waals surface area contributed by atoms with E-state index in [1.165, 1.54) is 12.1 Å². The molecule has 14 heavy (non-hydrogen) atoms. The van der Waals surface area contributed by atoms with E-state index in [2.05, 4.69) is 5.32 Å². The number of hydrogen-bond donors (Lipinski definition) is 1. The van der Waals surface area contributed by atoms with Crippen molar-refractivity contribution >= 4 is 18.2 Å². The van der Waals surface area contributed by atoms with Gasteiger partial charge in [0, 0.05) is 13.0 Å². The topological polar surface area (TPSA) is 29.1 Å². The van der Waals surface area contributed by atoms with Gasteiger partial charge in [0.15, 0.2) is 5.78 Å². The number of hydrogen-bond acceptors (Lipinski definition) is 2. The second-order valence-corrected chi connectivity index (χ2v) is 3.16. The van der Waals surface area contributed by atoms with E-state index < -0.39 is 0 Å². The summed E-state index contributed by atoms with van der Waals surface area (Å²) < 4.78 is 12.6. The molecule has 1 fully saturated rings.